The number of hydrogen-bond acceptors (Lipinski definition) is 2. The molecule has 0 atom stereocenters. The molecule has 0 radical (unpaired) electrons. The van der Waals surface area contributed by atoms with Crippen LogP contribution >= 0.6 is 0 Å². The average molecular weight is 703 g/mol. The summed E-state index contributed by atoms with van der Waals surface area (Å²) < 4.78 is 0. The fourth-order valence-corrected chi connectivity index (χ4v) is 7.82. The molecule has 0 spiro atoms. The highest BCUT2D eigenvalue weighted by Crippen LogP contribution is 2.48. The summed E-state index contributed by atoms with van der Waals surface area (Å²) in [5.41, 5.74) is 10.9. The van der Waals surface area contributed by atoms with Crippen molar-refractivity contribution in [3.63, 3.8) is 0 Å². The van der Waals surface area contributed by atoms with Gasteiger partial charge in [0, 0.05) is 33.5 Å². The quantitative estimate of drug-likeness (QED) is 0.145. The molecule has 0 amide bonds. The minimum Gasteiger partial charge on any atom is -0.310 e. The van der Waals surface area contributed by atoms with E-state index in [-0.39, 0.29) is 5.41 Å². The van der Waals surface area contributed by atoms with Gasteiger partial charge in [-0.2, -0.15) is 0 Å². The van der Waals surface area contributed by atoms with E-state index in [4.69, 9.17) is 0 Å². The van der Waals surface area contributed by atoms with Crippen molar-refractivity contribution in [3.05, 3.63) is 180 Å². The minimum absolute atomic E-state index is 0.0162. The van der Waals surface area contributed by atoms with E-state index < -0.39 is 0 Å². The van der Waals surface area contributed by atoms with Crippen LogP contribution in [0.15, 0.2) is 164 Å². The maximum absolute atomic E-state index is 2.45. The predicted octanol–water partition coefficient (Wildman–Crippen LogP) is 15.6. The highest BCUT2D eigenvalue weighted by Gasteiger charge is 2.24. The van der Waals surface area contributed by atoms with E-state index in [1.54, 1.807) is 0 Å². The van der Waals surface area contributed by atoms with E-state index in [1.807, 2.05) is 0 Å². The molecule has 0 saturated heterocycles. The topological polar surface area (TPSA) is 6.48 Å². The molecule has 8 aromatic carbocycles. The van der Waals surface area contributed by atoms with Crippen LogP contribution in [0.2, 0.25) is 0 Å². The van der Waals surface area contributed by atoms with Crippen LogP contribution in [-0.2, 0) is 5.41 Å². The second kappa shape index (κ2) is 14.2. The Morgan fingerprint density at radius 1 is 0.352 bits per heavy atom. The zero-order valence-corrected chi connectivity index (χ0v) is 32.6. The van der Waals surface area contributed by atoms with Crippen molar-refractivity contribution in [2.24, 2.45) is 0 Å². The molecule has 0 aliphatic carbocycles. The van der Waals surface area contributed by atoms with Crippen LogP contribution in [0.3, 0.4) is 0 Å². The lowest BCUT2D eigenvalue weighted by Crippen LogP contribution is -2.13. The summed E-state index contributed by atoms with van der Waals surface area (Å²) in [6, 6.07) is 60.9. The minimum atomic E-state index is -0.0162. The van der Waals surface area contributed by atoms with Gasteiger partial charge in [-0.1, -0.05) is 146 Å². The molecule has 8 aromatic rings. The number of benzene rings is 8. The number of fused-ring (bicyclic) bond motifs is 5. The summed E-state index contributed by atoms with van der Waals surface area (Å²) in [4.78, 5) is 4.88. The van der Waals surface area contributed by atoms with Gasteiger partial charge in [-0.25, -0.2) is 0 Å². The molecule has 268 valence electrons. The Morgan fingerprint density at radius 2 is 0.741 bits per heavy atom. The van der Waals surface area contributed by atoms with Crippen LogP contribution < -0.4 is 9.80 Å². The molecule has 0 heterocycles. The second-order valence-corrected chi connectivity index (χ2v) is 16.3. The molecule has 0 aliphatic rings. The van der Waals surface area contributed by atoms with E-state index in [1.165, 1.54) is 60.4 Å². The zero-order chi connectivity index (χ0) is 37.6. The van der Waals surface area contributed by atoms with Crippen LogP contribution in [0, 0.1) is 0 Å². The molecule has 0 unspecified atom stereocenters. The summed E-state index contributed by atoms with van der Waals surface area (Å²) in [6.45, 7) is 15.9. The third-order valence-electron chi connectivity index (χ3n) is 10.9. The Bertz CT molecular complexity index is 2560. The predicted molar refractivity (Wildman–Crippen MR) is 235 cm³/mol. The first-order valence-corrected chi connectivity index (χ1v) is 19.4. The first-order chi connectivity index (χ1) is 26.1. The van der Waals surface area contributed by atoms with E-state index in [2.05, 4.69) is 222 Å². The van der Waals surface area contributed by atoms with E-state index in [0.717, 1.165) is 22.7 Å². The summed E-state index contributed by atoms with van der Waals surface area (Å²) in [7, 11) is 0. The lowest BCUT2D eigenvalue weighted by atomic mass is 9.84. The largest absolute Gasteiger partial charge is 0.310 e. The smallest absolute Gasteiger partial charge is 0.0546 e. The number of nitrogens with zero attached hydrogens (tertiary/aromatic N) is 2. The first-order valence-electron chi connectivity index (χ1n) is 19.4. The molecule has 8 rings (SSSR count). The van der Waals surface area contributed by atoms with Gasteiger partial charge in [0.15, 0.2) is 0 Å². The molecule has 0 N–H and O–H groups in total. The van der Waals surface area contributed by atoms with Crippen LogP contribution in [0.4, 0.5) is 34.1 Å². The van der Waals surface area contributed by atoms with E-state index in [0.29, 0.717) is 11.8 Å². The third-order valence-corrected chi connectivity index (χ3v) is 10.9. The number of anilines is 6. The van der Waals surface area contributed by atoms with E-state index >= 15 is 0 Å². The van der Waals surface area contributed by atoms with Crippen LogP contribution in [0.1, 0.15) is 77.0 Å². The van der Waals surface area contributed by atoms with Crippen molar-refractivity contribution in [1.29, 1.82) is 0 Å². The average Bonchev–Trinajstić information content (AvgIpc) is 3.19. The Hall–Kier alpha value is -5.86. The molecule has 0 fully saturated rings. The monoisotopic (exact) mass is 702 g/mol. The van der Waals surface area contributed by atoms with Gasteiger partial charge in [0.1, 0.15) is 0 Å². The van der Waals surface area contributed by atoms with Gasteiger partial charge in [-0.05, 0) is 122 Å². The maximum atomic E-state index is 2.45. The molecule has 54 heavy (non-hydrogen) atoms. The fraction of sp³-hybridized carbons (Fsp3) is 0.192. The van der Waals surface area contributed by atoms with Gasteiger partial charge < -0.3 is 9.80 Å². The Labute approximate surface area is 321 Å². The molecule has 0 aromatic heterocycles. The summed E-state index contributed by atoms with van der Waals surface area (Å²) >= 11 is 0. The van der Waals surface area contributed by atoms with Crippen molar-refractivity contribution < 1.29 is 0 Å². The lowest BCUT2D eigenvalue weighted by Gasteiger charge is -2.30. The second-order valence-electron chi connectivity index (χ2n) is 16.3. The van der Waals surface area contributed by atoms with Gasteiger partial charge in [0.05, 0.1) is 11.4 Å². The SMILES string of the molecule is CC(C)c1ccc(N(c2ccccc2)c2cc3c4ccc(C(C)(C)C)cc4c(N(c4ccccc4)c4ccc(C(C)C)cc4)cc3c3ccccc23)cc1. The molecule has 2 heteroatoms. The lowest BCUT2D eigenvalue weighted by molar-refractivity contribution is 0.591. The van der Waals surface area contributed by atoms with Crippen molar-refractivity contribution in [1.82, 2.24) is 0 Å². The van der Waals surface area contributed by atoms with Crippen LogP contribution in [0.25, 0.3) is 32.3 Å². The fourth-order valence-electron chi connectivity index (χ4n) is 7.82. The molecule has 0 bridgehead atoms. The molecule has 2 nitrogen and oxygen atoms in total. The van der Waals surface area contributed by atoms with Crippen molar-refractivity contribution in [2.75, 3.05) is 9.80 Å². The summed E-state index contributed by atoms with van der Waals surface area (Å²) in [6.07, 6.45) is 0. The Balaban J connectivity index is 1.47. The molecular formula is C52H50N2. The molecule has 0 aliphatic heterocycles. The Morgan fingerprint density at radius 3 is 1.19 bits per heavy atom. The summed E-state index contributed by atoms with van der Waals surface area (Å²) in [5.74, 6) is 0.928. The van der Waals surface area contributed by atoms with E-state index in [9.17, 15) is 0 Å². The number of rotatable bonds is 8. The van der Waals surface area contributed by atoms with Crippen molar-refractivity contribution >= 4 is 66.4 Å². The van der Waals surface area contributed by atoms with Crippen LogP contribution in [0.5, 0.6) is 0 Å². The van der Waals surface area contributed by atoms with Gasteiger partial charge in [0.25, 0.3) is 0 Å². The maximum Gasteiger partial charge on any atom is 0.0546 e. The number of hydrogen-bond donors (Lipinski definition) is 0. The molecular weight excluding hydrogens is 653 g/mol. The number of para-hydroxylation sites is 2. The van der Waals surface area contributed by atoms with Crippen LogP contribution in [-0.4, -0.2) is 0 Å². The molecule has 0 saturated carbocycles. The normalized spacial score (nSPS) is 11.9. The highest BCUT2D eigenvalue weighted by molar-refractivity contribution is 6.24. The zero-order valence-electron chi connectivity index (χ0n) is 32.6. The van der Waals surface area contributed by atoms with Gasteiger partial charge >= 0.3 is 0 Å². The third kappa shape index (κ3) is 6.51. The van der Waals surface area contributed by atoms with Gasteiger partial charge in [0.2, 0.25) is 0 Å². The first kappa shape index (κ1) is 35.2. The van der Waals surface area contributed by atoms with Gasteiger partial charge in [-0.15, -0.1) is 0 Å². The summed E-state index contributed by atoms with van der Waals surface area (Å²) in [5, 5.41) is 7.40. The van der Waals surface area contributed by atoms with Crippen molar-refractivity contribution in [3.8, 4) is 0 Å². The highest BCUT2D eigenvalue weighted by atomic mass is 15.1. The van der Waals surface area contributed by atoms with Gasteiger partial charge in [-0.3, -0.25) is 0 Å². The Kier molecular flexibility index (Phi) is 9.24. The standard InChI is InChI=1S/C52H50N2/c1-35(2)37-22-27-42(28-23-37)53(40-16-10-8-11-17-40)50-33-48-45-31-26-39(52(5,6)7)32-49(45)51(34-47(48)44-20-14-15-21-46(44)50)54(41-18-12-9-13-19-41)43-29-24-38(25-30-43)36(3)4/h8-36H,1-7H3. The van der Waals surface area contributed by atoms with Crippen molar-refractivity contribution in [2.45, 2.75) is 65.7 Å².